The summed E-state index contributed by atoms with van der Waals surface area (Å²) in [5, 5.41) is 0. The molecule has 1 aromatic heterocycles. The van der Waals surface area contributed by atoms with Crippen LogP contribution in [0.25, 0.3) is 6.08 Å². The van der Waals surface area contributed by atoms with E-state index in [1.165, 1.54) is 24.4 Å². The number of aromatic nitrogens is 2. The van der Waals surface area contributed by atoms with E-state index in [0.29, 0.717) is 0 Å². The molecule has 0 saturated carbocycles. The molecular weight excluding hydrogens is 567 g/mol. The highest BCUT2D eigenvalue weighted by atomic mass is 31.3. The van der Waals surface area contributed by atoms with Crippen molar-refractivity contribution in [2.75, 3.05) is 26.6 Å². The third-order valence-corrected chi connectivity index (χ3v) is 8.14. The van der Waals surface area contributed by atoms with Gasteiger partial charge in [-0.05, 0) is 0 Å². The van der Waals surface area contributed by atoms with Crippen molar-refractivity contribution in [2.45, 2.75) is 24.9 Å². The topological polar surface area (TPSA) is 268 Å². The van der Waals surface area contributed by atoms with Crippen LogP contribution in [-0.2, 0) is 41.1 Å². The van der Waals surface area contributed by atoms with Gasteiger partial charge in [-0.25, -0.2) is 18.5 Å². The van der Waals surface area contributed by atoms with E-state index in [2.05, 4.69) is 24.7 Å². The molecule has 2 heterocycles. The van der Waals surface area contributed by atoms with E-state index in [1.807, 2.05) is 0 Å². The molecular formula is C16H26N3O15P3. The number of nitrogens with zero attached hydrogens (tertiary/aromatic N) is 1. The molecule has 0 amide bonds. The van der Waals surface area contributed by atoms with Crippen molar-refractivity contribution in [3.8, 4) is 0 Å². The van der Waals surface area contributed by atoms with Crippen molar-refractivity contribution < 1.29 is 60.6 Å². The van der Waals surface area contributed by atoms with Gasteiger partial charge in [0.1, 0.15) is 19.1 Å². The summed E-state index contributed by atoms with van der Waals surface area (Å²) in [6, 6.07) is 0. The highest BCUT2D eigenvalue weighted by Gasteiger charge is 2.43. The largest absolute Gasteiger partial charge is 0.490 e. The molecule has 37 heavy (non-hydrogen) atoms. The highest BCUT2D eigenvalue weighted by Crippen LogP contribution is 2.66. The second-order valence-electron chi connectivity index (χ2n) is 7.12. The van der Waals surface area contributed by atoms with Crippen LogP contribution in [0.4, 0.5) is 0 Å². The van der Waals surface area contributed by atoms with Crippen LogP contribution in [0.2, 0.25) is 0 Å². The average Bonchev–Trinajstić information content (AvgIpc) is 3.15. The first kappa shape index (κ1) is 31.6. The van der Waals surface area contributed by atoms with E-state index in [0.717, 1.165) is 4.57 Å². The highest BCUT2D eigenvalue weighted by molar-refractivity contribution is 7.66. The van der Waals surface area contributed by atoms with Gasteiger partial charge in [-0.15, -0.1) is 6.58 Å². The molecule has 1 saturated heterocycles. The Bertz CT molecular complexity index is 1220. The van der Waals surface area contributed by atoms with Gasteiger partial charge in [-0.1, -0.05) is 18.2 Å². The first-order valence-electron chi connectivity index (χ1n) is 10.1. The molecule has 210 valence electrons. The van der Waals surface area contributed by atoms with Crippen LogP contribution in [0, 0.1) is 0 Å². The van der Waals surface area contributed by atoms with E-state index in [9.17, 15) is 33.1 Å². The van der Waals surface area contributed by atoms with Gasteiger partial charge in [0.15, 0.2) is 0 Å². The molecule has 1 aliphatic rings. The molecule has 0 radical (unpaired) electrons. The molecule has 1 aromatic rings. The van der Waals surface area contributed by atoms with Crippen molar-refractivity contribution in [3.63, 3.8) is 0 Å². The van der Waals surface area contributed by atoms with E-state index in [1.54, 1.807) is 0 Å². The quantitative estimate of drug-likeness (QED) is 0.0658. The third-order valence-electron chi connectivity index (χ3n) is 4.34. The van der Waals surface area contributed by atoms with Gasteiger partial charge >= 0.3 is 29.2 Å². The van der Waals surface area contributed by atoms with Gasteiger partial charge in [0.25, 0.3) is 5.56 Å². The lowest BCUT2D eigenvalue weighted by molar-refractivity contribution is -0.113. The normalized spacial score (nSPS) is 23.6. The summed E-state index contributed by atoms with van der Waals surface area (Å²) >= 11 is 0. The lowest BCUT2D eigenvalue weighted by Gasteiger charge is -2.21. The molecule has 21 heteroatoms. The van der Waals surface area contributed by atoms with Crippen LogP contribution in [0.15, 0.2) is 34.5 Å². The molecule has 18 nitrogen and oxygen atoms in total. The Morgan fingerprint density at radius 2 is 1.89 bits per heavy atom. The maximum absolute atomic E-state index is 12.4. The standard InChI is InChI=1S/C16H26N3O15P3/c1-2-6-29-10-30-12-7-14(19-8-11(4-3-5-17)15(20)18-16(19)21)32-13(12)9-31-36(25,26)34-37(27,28)33-35(22,23)24/h2-4,8,12-14H,1,5-7,9-10,17H2,(H,25,26)(H,27,28)(H,18,20,21)(H2,22,23,24)/b4-3+/t12-,13?,14-/m1/s1. The second-order valence-corrected chi connectivity index (χ2v) is 11.5. The lowest BCUT2D eigenvalue weighted by atomic mass is 10.2. The van der Waals surface area contributed by atoms with Crippen molar-refractivity contribution in [3.05, 3.63) is 51.3 Å². The SMILES string of the molecule is C=CCOCO[C@@H]1C[C@H](n2cc(/C=C/CN)c(=O)[nH]c2=O)OC1COP(=O)(O)OP(=O)(O)OP(=O)(O)O. The van der Waals surface area contributed by atoms with Gasteiger partial charge in [-0.3, -0.25) is 18.9 Å². The van der Waals surface area contributed by atoms with Crippen LogP contribution >= 0.6 is 23.5 Å². The number of ether oxygens (including phenoxy) is 3. The molecule has 0 aromatic carbocycles. The Labute approximate surface area is 208 Å². The number of phosphoric acid groups is 3. The molecule has 5 atom stereocenters. The molecule has 1 fully saturated rings. The fraction of sp³-hybridized carbons (Fsp3) is 0.500. The van der Waals surface area contributed by atoms with Crippen LogP contribution in [0.5, 0.6) is 0 Å². The van der Waals surface area contributed by atoms with E-state index >= 15 is 0 Å². The van der Waals surface area contributed by atoms with Gasteiger partial charge in [0.2, 0.25) is 0 Å². The fourth-order valence-electron chi connectivity index (χ4n) is 2.96. The molecule has 0 spiro atoms. The second kappa shape index (κ2) is 13.5. The molecule has 0 aliphatic carbocycles. The smallest absolute Gasteiger partial charge is 0.351 e. The Kier molecular flexibility index (Phi) is 11.5. The van der Waals surface area contributed by atoms with Gasteiger partial charge in [-0.2, -0.15) is 8.62 Å². The van der Waals surface area contributed by atoms with Crippen molar-refractivity contribution >= 4 is 29.5 Å². The van der Waals surface area contributed by atoms with Crippen LogP contribution in [-0.4, -0.2) is 67.9 Å². The van der Waals surface area contributed by atoms with E-state index in [4.69, 9.17) is 29.7 Å². The lowest BCUT2D eigenvalue weighted by Crippen LogP contribution is -2.33. The van der Waals surface area contributed by atoms with Crippen molar-refractivity contribution in [1.29, 1.82) is 0 Å². The number of H-pyrrole nitrogens is 1. The summed E-state index contributed by atoms with van der Waals surface area (Å²) in [5.41, 5.74) is 3.94. The number of hydrogen-bond donors (Lipinski definition) is 6. The van der Waals surface area contributed by atoms with Gasteiger partial charge in [0, 0.05) is 19.2 Å². The Morgan fingerprint density at radius 1 is 1.19 bits per heavy atom. The summed E-state index contributed by atoms with van der Waals surface area (Å²) in [7, 11) is -16.7. The Balaban J connectivity index is 2.20. The van der Waals surface area contributed by atoms with Crippen LogP contribution in [0.1, 0.15) is 18.2 Å². The summed E-state index contributed by atoms with van der Waals surface area (Å²) in [6.45, 7) is 2.60. The number of nitrogens with one attached hydrogen (secondary N) is 1. The minimum atomic E-state index is -5.72. The molecule has 2 rings (SSSR count). The first-order valence-corrected chi connectivity index (χ1v) is 14.6. The van der Waals surface area contributed by atoms with Gasteiger partial charge in [0.05, 0.1) is 24.9 Å². The molecule has 0 bridgehead atoms. The summed E-state index contributed by atoms with van der Waals surface area (Å²) in [6.07, 6.45) is 2.24. The zero-order valence-corrected chi connectivity index (χ0v) is 21.6. The Morgan fingerprint density at radius 3 is 2.51 bits per heavy atom. The van der Waals surface area contributed by atoms with E-state index < -0.39 is 59.8 Å². The minimum Gasteiger partial charge on any atom is -0.351 e. The first-order chi connectivity index (χ1) is 17.2. The monoisotopic (exact) mass is 593 g/mol. The van der Waals surface area contributed by atoms with E-state index in [-0.39, 0.29) is 31.9 Å². The maximum atomic E-state index is 12.4. The number of aromatic amines is 1. The van der Waals surface area contributed by atoms with Crippen LogP contribution < -0.4 is 17.0 Å². The zero-order chi connectivity index (χ0) is 27.9. The van der Waals surface area contributed by atoms with Crippen molar-refractivity contribution in [2.24, 2.45) is 5.73 Å². The van der Waals surface area contributed by atoms with Crippen LogP contribution in [0.3, 0.4) is 0 Å². The predicted molar refractivity (Wildman–Crippen MR) is 124 cm³/mol. The summed E-state index contributed by atoms with van der Waals surface area (Å²) in [5.74, 6) is 0. The molecule has 7 N–H and O–H groups in total. The maximum Gasteiger partial charge on any atom is 0.490 e. The molecule has 3 unspecified atom stereocenters. The summed E-state index contributed by atoms with van der Waals surface area (Å²) < 4.78 is 63.7. The predicted octanol–water partition coefficient (Wildman–Crippen LogP) is -0.315. The third kappa shape index (κ3) is 10.6. The zero-order valence-electron chi connectivity index (χ0n) is 18.9. The number of hydrogen-bond acceptors (Lipinski definition) is 12. The van der Waals surface area contributed by atoms with Crippen molar-refractivity contribution in [1.82, 2.24) is 9.55 Å². The fourth-order valence-corrected chi connectivity index (χ4v) is 5.99. The number of nitrogens with two attached hydrogens (primary N) is 1. The van der Waals surface area contributed by atoms with Gasteiger partial charge < -0.3 is 39.5 Å². The molecule has 1 aliphatic heterocycles. The Hall–Kier alpha value is -1.59. The minimum absolute atomic E-state index is 0.0478. The average molecular weight is 593 g/mol. The number of rotatable bonds is 15. The summed E-state index contributed by atoms with van der Waals surface area (Å²) in [4.78, 5) is 62.7. The number of phosphoric ester groups is 1.